The monoisotopic (exact) mass is 179 g/mol. The van der Waals surface area contributed by atoms with Crippen LogP contribution in [0.1, 0.15) is 39.0 Å². The molecule has 1 rings (SSSR count). The maximum Gasteiger partial charge on any atom is 0.164 e. The lowest BCUT2D eigenvalue weighted by molar-refractivity contribution is -0.124. The molecule has 0 bridgehead atoms. The van der Waals surface area contributed by atoms with Crippen LogP contribution < -0.4 is 5.32 Å². The van der Waals surface area contributed by atoms with Crippen LogP contribution in [0.5, 0.6) is 0 Å². The van der Waals surface area contributed by atoms with Crippen molar-refractivity contribution in [3.05, 3.63) is 0 Å². The highest BCUT2D eigenvalue weighted by Gasteiger charge is 2.38. The number of rotatable bonds is 4. The Bertz CT molecular complexity index is 221. The Kier molecular flexibility index (Phi) is 3.50. The van der Waals surface area contributed by atoms with Crippen molar-refractivity contribution in [1.29, 1.82) is 0 Å². The summed E-state index contributed by atoms with van der Waals surface area (Å²) in [4.78, 5) is 11.8. The topological polar surface area (TPSA) is 29.1 Å². The molecule has 0 amide bonds. The van der Waals surface area contributed by atoms with Crippen LogP contribution in [0.2, 0.25) is 0 Å². The normalized spacial score (nSPS) is 27.1. The van der Waals surface area contributed by atoms with Gasteiger partial charge in [0.25, 0.3) is 0 Å². The van der Waals surface area contributed by atoms with Gasteiger partial charge in [-0.1, -0.05) is 19.3 Å². The first kappa shape index (κ1) is 10.3. The fourth-order valence-corrected chi connectivity index (χ4v) is 2.09. The number of hydrogen-bond donors (Lipinski definition) is 1. The lowest BCUT2D eigenvalue weighted by Gasteiger charge is -2.26. The minimum absolute atomic E-state index is 0.203. The van der Waals surface area contributed by atoms with Crippen molar-refractivity contribution >= 4 is 5.78 Å². The van der Waals surface area contributed by atoms with Crippen LogP contribution in [0.3, 0.4) is 0 Å². The quantitative estimate of drug-likeness (QED) is 0.663. The van der Waals surface area contributed by atoms with Crippen LogP contribution in [-0.2, 0) is 4.79 Å². The fraction of sp³-hybridized carbons (Fsp3) is 0.727. The van der Waals surface area contributed by atoms with Gasteiger partial charge in [0.05, 0.1) is 12.0 Å². The Balaban J connectivity index is 2.66. The molecule has 0 spiro atoms. The zero-order valence-corrected chi connectivity index (χ0v) is 8.23. The summed E-state index contributed by atoms with van der Waals surface area (Å²) in [5, 5.41) is 3.31. The summed E-state index contributed by atoms with van der Waals surface area (Å²) in [6.07, 6.45) is 9.43. The highest BCUT2D eigenvalue weighted by Crippen LogP contribution is 2.26. The molecule has 72 valence electrons. The predicted octanol–water partition coefficient (Wildman–Crippen LogP) is 1.50. The Morgan fingerprint density at radius 3 is 2.92 bits per heavy atom. The minimum atomic E-state index is -0.277. The molecule has 2 heteroatoms. The lowest BCUT2D eigenvalue weighted by Crippen LogP contribution is -2.47. The number of carbonyl (C=O) groups is 1. The number of nitrogens with one attached hydrogen (secondary N) is 1. The van der Waals surface area contributed by atoms with Crippen LogP contribution in [0.15, 0.2) is 0 Å². The number of ketones is 1. The Hall–Kier alpha value is -0.810. The predicted molar refractivity (Wildman–Crippen MR) is 53.3 cm³/mol. The van der Waals surface area contributed by atoms with Gasteiger partial charge in [-0.3, -0.25) is 4.79 Å². The average Bonchev–Trinajstić information content (AvgIpc) is 2.55. The molecule has 0 aromatic carbocycles. The van der Waals surface area contributed by atoms with Crippen LogP contribution in [-0.4, -0.2) is 17.9 Å². The van der Waals surface area contributed by atoms with Gasteiger partial charge in [-0.05, 0) is 25.8 Å². The second kappa shape index (κ2) is 4.43. The van der Waals surface area contributed by atoms with Crippen LogP contribution >= 0.6 is 0 Å². The van der Waals surface area contributed by atoms with E-state index in [1.165, 1.54) is 0 Å². The van der Waals surface area contributed by atoms with E-state index >= 15 is 0 Å². The molecular weight excluding hydrogens is 162 g/mol. The first-order chi connectivity index (χ1) is 6.25. The molecule has 0 aromatic heterocycles. The zero-order valence-electron chi connectivity index (χ0n) is 8.23. The SMILES string of the molecule is C#CCC(=O)C1(CCC)CCCN1. The fourth-order valence-electron chi connectivity index (χ4n) is 2.09. The van der Waals surface area contributed by atoms with E-state index in [4.69, 9.17) is 6.42 Å². The van der Waals surface area contributed by atoms with Gasteiger partial charge in [-0.25, -0.2) is 0 Å². The summed E-state index contributed by atoms with van der Waals surface area (Å²) in [7, 11) is 0. The first-order valence-corrected chi connectivity index (χ1v) is 4.97. The summed E-state index contributed by atoms with van der Waals surface area (Å²) < 4.78 is 0. The molecule has 1 fully saturated rings. The number of Topliss-reactive ketones (excluding diaryl/α,β-unsaturated/α-hetero) is 1. The van der Waals surface area contributed by atoms with E-state index < -0.39 is 0 Å². The molecule has 1 atom stereocenters. The van der Waals surface area contributed by atoms with Gasteiger partial charge in [-0.2, -0.15) is 0 Å². The van der Waals surface area contributed by atoms with Crippen molar-refractivity contribution in [1.82, 2.24) is 5.32 Å². The van der Waals surface area contributed by atoms with Gasteiger partial charge in [0.2, 0.25) is 0 Å². The van der Waals surface area contributed by atoms with Gasteiger partial charge in [0.1, 0.15) is 0 Å². The molecule has 1 aliphatic heterocycles. The number of terminal acetylenes is 1. The Morgan fingerprint density at radius 2 is 2.46 bits per heavy atom. The summed E-state index contributed by atoms with van der Waals surface area (Å²) in [6.45, 7) is 3.06. The minimum Gasteiger partial charge on any atom is -0.305 e. The van der Waals surface area contributed by atoms with E-state index in [1.54, 1.807) is 0 Å². The molecule has 0 aromatic rings. The van der Waals surface area contributed by atoms with Crippen molar-refractivity contribution in [3.8, 4) is 12.3 Å². The summed E-state index contributed by atoms with van der Waals surface area (Å²) >= 11 is 0. The Labute approximate surface area is 80.1 Å². The second-order valence-electron chi connectivity index (χ2n) is 3.67. The third kappa shape index (κ3) is 2.10. The average molecular weight is 179 g/mol. The van der Waals surface area contributed by atoms with Gasteiger partial charge >= 0.3 is 0 Å². The van der Waals surface area contributed by atoms with Gasteiger partial charge in [0.15, 0.2) is 5.78 Å². The van der Waals surface area contributed by atoms with Gasteiger partial charge in [0, 0.05) is 0 Å². The molecule has 2 nitrogen and oxygen atoms in total. The van der Waals surface area contributed by atoms with E-state index in [0.717, 1.165) is 32.2 Å². The highest BCUT2D eigenvalue weighted by molar-refractivity contribution is 5.90. The number of carbonyl (C=O) groups excluding carboxylic acids is 1. The summed E-state index contributed by atoms with van der Waals surface area (Å²) in [5.74, 6) is 2.64. The van der Waals surface area contributed by atoms with E-state index in [1.807, 2.05) is 0 Å². The van der Waals surface area contributed by atoms with E-state index in [9.17, 15) is 4.79 Å². The maximum absolute atomic E-state index is 11.8. The van der Waals surface area contributed by atoms with E-state index in [-0.39, 0.29) is 17.7 Å². The van der Waals surface area contributed by atoms with Gasteiger partial charge < -0.3 is 5.32 Å². The number of hydrogen-bond acceptors (Lipinski definition) is 2. The van der Waals surface area contributed by atoms with E-state index in [0.29, 0.717) is 0 Å². The molecule has 1 aliphatic rings. The van der Waals surface area contributed by atoms with Crippen LogP contribution in [0, 0.1) is 12.3 Å². The largest absolute Gasteiger partial charge is 0.305 e. The zero-order chi connectivity index (χ0) is 9.73. The molecular formula is C11H17NO. The van der Waals surface area contributed by atoms with Crippen LogP contribution in [0.25, 0.3) is 0 Å². The van der Waals surface area contributed by atoms with Crippen molar-refractivity contribution < 1.29 is 4.79 Å². The summed E-state index contributed by atoms with van der Waals surface area (Å²) in [5.41, 5.74) is -0.277. The van der Waals surface area contributed by atoms with Crippen molar-refractivity contribution in [2.24, 2.45) is 0 Å². The van der Waals surface area contributed by atoms with Crippen molar-refractivity contribution in [2.75, 3.05) is 6.54 Å². The first-order valence-electron chi connectivity index (χ1n) is 4.97. The molecule has 0 aliphatic carbocycles. The van der Waals surface area contributed by atoms with E-state index in [2.05, 4.69) is 18.2 Å². The maximum atomic E-state index is 11.8. The smallest absolute Gasteiger partial charge is 0.164 e. The third-order valence-corrected chi connectivity index (χ3v) is 2.72. The molecule has 1 saturated heterocycles. The molecule has 1 heterocycles. The molecule has 1 unspecified atom stereocenters. The molecule has 1 N–H and O–H groups in total. The second-order valence-corrected chi connectivity index (χ2v) is 3.67. The van der Waals surface area contributed by atoms with Crippen molar-refractivity contribution in [3.63, 3.8) is 0 Å². The molecule has 13 heavy (non-hydrogen) atoms. The third-order valence-electron chi connectivity index (χ3n) is 2.72. The highest BCUT2D eigenvalue weighted by atomic mass is 16.1. The standard InChI is InChI=1S/C11H17NO/c1-3-6-10(13)11(7-4-2)8-5-9-12-11/h1,12H,4-9H2,2H3. The van der Waals surface area contributed by atoms with Gasteiger partial charge in [-0.15, -0.1) is 6.42 Å². The lowest BCUT2D eigenvalue weighted by atomic mass is 9.86. The van der Waals surface area contributed by atoms with Crippen molar-refractivity contribution in [2.45, 2.75) is 44.6 Å². The Morgan fingerprint density at radius 1 is 1.69 bits per heavy atom. The molecule has 0 radical (unpaired) electrons. The van der Waals surface area contributed by atoms with Crippen LogP contribution in [0.4, 0.5) is 0 Å². The molecule has 0 saturated carbocycles. The summed E-state index contributed by atoms with van der Waals surface area (Å²) in [6, 6.07) is 0.